The number of likely N-dealkylation sites (N-methyl/N-ethyl adjacent to an activating group) is 1. The van der Waals surface area contributed by atoms with Crippen LogP contribution in [0.1, 0.15) is 68.1 Å². The van der Waals surface area contributed by atoms with Gasteiger partial charge in [0.1, 0.15) is 0 Å². The number of carbonyl (C=O) groups excluding carboxylic acids is 2. The van der Waals surface area contributed by atoms with Crippen LogP contribution < -0.4 is 5.73 Å². The summed E-state index contributed by atoms with van der Waals surface area (Å²) in [5.74, 6) is 0.656. The number of aromatic nitrogens is 1. The Morgan fingerprint density at radius 3 is 2.60 bits per heavy atom. The molecule has 1 aliphatic carbocycles. The van der Waals surface area contributed by atoms with Crippen molar-refractivity contribution in [2.45, 2.75) is 63.3 Å². The van der Waals surface area contributed by atoms with Crippen molar-refractivity contribution in [1.82, 2.24) is 14.8 Å². The molecule has 7 nitrogen and oxygen atoms in total. The Kier molecular flexibility index (Phi) is 7.58. The molecule has 2 amide bonds. The third kappa shape index (κ3) is 5.45. The molecule has 0 radical (unpaired) electrons. The van der Waals surface area contributed by atoms with Gasteiger partial charge in [0.05, 0.1) is 11.9 Å². The molecule has 0 spiro atoms. The van der Waals surface area contributed by atoms with E-state index in [2.05, 4.69) is 4.98 Å². The number of nitrogens with two attached hydrogens (primary N) is 1. The summed E-state index contributed by atoms with van der Waals surface area (Å²) in [5, 5.41) is 7.48. The SMILES string of the molecule is CN(C=N)C(=O)[C@](N)(CCC1CCCCC1)C[C@@H]1CCN(C(=O)c2ccncc2)C1. The topological polar surface area (TPSA) is 103 Å². The van der Waals surface area contributed by atoms with Gasteiger partial charge in [-0.3, -0.25) is 20.0 Å². The van der Waals surface area contributed by atoms with Crippen molar-refractivity contribution in [1.29, 1.82) is 5.41 Å². The summed E-state index contributed by atoms with van der Waals surface area (Å²) in [6.07, 6.45) is 13.6. The summed E-state index contributed by atoms with van der Waals surface area (Å²) >= 11 is 0. The zero-order valence-electron chi connectivity index (χ0n) is 18.1. The second-order valence-corrected chi connectivity index (χ2v) is 9.09. The van der Waals surface area contributed by atoms with Crippen LogP contribution in [0, 0.1) is 17.2 Å². The summed E-state index contributed by atoms with van der Waals surface area (Å²) in [6.45, 7) is 1.30. The second-order valence-electron chi connectivity index (χ2n) is 9.09. The van der Waals surface area contributed by atoms with Crippen molar-refractivity contribution in [2.24, 2.45) is 17.6 Å². The van der Waals surface area contributed by atoms with E-state index in [1.54, 1.807) is 31.6 Å². The molecule has 7 heteroatoms. The highest BCUT2D eigenvalue weighted by molar-refractivity contribution is 5.94. The van der Waals surface area contributed by atoms with E-state index >= 15 is 0 Å². The number of hydrogen-bond donors (Lipinski definition) is 2. The molecule has 30 heavy (non-hydrogen) atoms. The third-order valence-corrected chi connectivity index (χ3v) is 6.82. The predicted molar refractivity (Wildman–Crippen MR) is 117 cm³/mol. The number of carbonyl (C=O) groups is 2. The van der Waals surface area contributed by atoms with E-state index in [9.17, 15) is 9.59 Å². The highest BCUT2D eigenvalue weighted by Crippen LogP contribution is 2.33. The van der Waals surface area contributed by atoms with Gasteiger partial charge in [-0.25, -0.2) is 0 Å². The Hall–Kier alpha value is -2.28. The minimum Gasteiger partial charge on any atom is -0.338 e. The van der Waals surface area contributed by atoms with Crippen molar-refractivity contribution >= 4 is 18.2 Å². The van der Waals surface area contributed by atoms with Gasteiger partial charge < -0.3 is 15.5 Å². The van der Waals surface area contributed by atoms with E-state index in [0.29, 0.717) is 37.4 Å². The Balaban J connectivity index is 1.64. The number of rotatable bonds is 8. The first-order chi connectivity index (χ1) is 14.4. The summed E-state index contributed by atoms with van der Waals surface area (Å²) in [6, 6.07) is 3.46. The Morgan fingerprint density at radius 1 is 1.23 bits per heavy atom. The van der Waals surface area contributed by atoms with Crippen LogP contribution in [0.2, 0.25) is 0 Å². The highest BCUT2D eigenvalue weighted by atomic mass is 16.2. The van der Waals surface area contributed by atoms with Crippen LogP contribution in [0.15, 0.2) is 24.5 Å². The summed E-state index contributed by atoms with van der Waals surface area (Å²) < 4.78 is 0. The van der Waals surface area contributed by atoms with Gasteiger partial charge in [0.25, 0.3) is 5.91 Å². The lowest BCUT2D eigenvalue weighted by Crippen LogP contribution is -2.55. The summed E-state index contributed by atoms with van der Waals surface area (Å²) in [7, 11) is 1.60. The molecule has 1 aromatic rings. The molecule has 2 atom stereocenters. The van der Waals surface area contributed by atoms with Crippen LogP contribution in [0.4, 0.5) is 0 Å². The van der Waals surface area contributed by atoms with Crippen LogP contribution in [-0.4, -0.2) is 58.6 Å². The standard InChI is InChI=1S/C23H35N5O2/c1-27(17-24)22(30)23(25,11-7-18-5-3-2-4-6-18)15-19-10-14-28(16-19)21(29)20-8-12-26-13-9-20/h8-9,12-13,17-19,24H,2-7,10-11,14-16,25H2,1H3/t19-,23-/m0/s1. The molecule has 0 unspecified atom stereocenters. The highest BCUT2D eigenvalue weighted by Gasteiger charge is 2.40. The van der Waals surface area contributed by atoms with Gasteiger partial charge in [-0.05, 0) is 49.7 Å². The Bertz CT molecular complexity index is 734. The first kappa shape index (κ1) is 22.4. The maximum Gasteiger partial charge on any atom is 0.253 e. The first-order valence-electron chi connectivity index (χ1n) is 11.2. The number of nitrogens with one attached hydrogen (secondary N) is 1. The van der Waals surface area contributed by atoms with E-state index in [-0.39, 0.29) is 17.7 Å². The molecule has 0 bridgehead atoms. The van der Waals surface area contributed by atoms with Crippen molar-refractivity contribution in [2.75, 3.05) is 20.1 Å². The minimum absolute atomic E-state index is 0.00710. The maximum absolute atomic E-state index is 13.1. The zero-order valence-corrected chi connectivity index (χ0v) is 18.1. The first-order valence-corrected chi connectivity index (χ1v) is 11.2. The maximum atomic E-state index is 13.1. The molecular formula is C23H35N5O2. The molecule has 0 aromatic carbocycles. The lowest BCUT2D eigenvalue weighted by molar-refractivity contribution is -0.133. The second kappa shape index (κ2) is 10.2. The molecule has 2 aliphatic rings. The molecule has 164 valence electrons. The van der Waals surface area contributed by atoms with Gasteiger partial charge in [0.15, 0.2) is 0 Å². The fraction of sp³-hybridized carbons (Fsp3) is 0.652. The molecular weight excluding hydrogens is 378 g/mol. The fourth-order valence-corrected chi connectivity index (χ4v) is 5.02. The average molecular weight is 414 g/mol. The Morgan fingerprint density at radius 2 is 1.93 bits per heavy atom. The van der Waals surface area contributed by atoms with Gasteiger partial charge in [-0.2, -0.15) is 0 Å². The van der Waals surface area contributed by atoms with E-state index in [1.807, 2.05) is 4.90 Å². The number of likely N-dealkylation sites (tertiary alicyclic amines) is 1. The average Bonchev–Trinajstić information content (AvgIpc) is 3.25. The predicted octanol–water partition coefficient (Wildman–Crippen LogP) is 3.06. The molecule has 2 fully saturated rings. The van der Waals surface area contributed by atoms with E-state index in [4.69, 9.17) is 11.1 Å². The van der Waals surface area contributed by atoms with E-state index in [1.165, 1.54) is 37.0 Å². The van der Waals surface area contributed by atoms with E-state index < -0.39 is 5.54 Å². The van der Waals surface area contributed by atoms with Gasteiger partial charge in [-0.15, -0.1) is 0 Å². The van der Waals surface area contributed by atoms with Crippen LogP contribution in [0.25, 0.3) is 0 Å². The third-order valence-electron chi connectivity index (χ3n) is 6.82. The summed E-state index contributed by atoms with van der Waals surface area (Å²) in [5.41, 5.74) is 6.40. The smallest absolute Gasteiger partial charge is 0.253 e. The lowest BCUT2D eigenvalue weighted by Gasteiger charge is -2.34. The molecule has 1 aliphatic heterocycles. The molecule has 3 rings (SSSR count). The van der Waals surface area contributed by atoms with Crippen LogP contribution in [0.5, 0.6) is 0 Å². The number of nitrogens with zero attached hydrogens (tertiary/aromatic N) is 3. The van der Waals surface area contributed by atoms with Gasteiger partial charge in [-0.1, -0.05) is 32.1 Å². The fourth-order valence-electron chi connectivity index (χ4n) is 5.02. The largest absolute Gasteiger partial charge is 0.338 e. The van der Waals surface area contributed by atoms with Crippen molar-refractivity contribution in [3.8, 4) is 0 Å². The lowest BCUT2D eigenvalue weighted by atomic mass is 9.78. The molecule has 2 heterocycles. The van der Waals surface area contributed by atoms with E-state index in [0.717, 1.165) is 19.2 Å². The summed E-state index contributed by atoms with van der Waals surface area (Å²) in [4.78, 5) is 32.9. The van der Waals surface area contributed by atoms with Crippen LogP contribution in [-0.2, 0) is 4.79 Å². The van der Waals surface area contributed by atoms with Gasteiger partial charge in [0.2, 0.25) is 5.91 Å². The molecule has 3 N–H and O–H groups in total. The van der Waals surface area contributed by atoms with Crippen LogP contribution >= 0.6 is 0 Å². The monoisotopic (exact) mass is 413 g/mol. The molecule has 1 saturated heterocycles. The van der Waals surface area contributed by atoms with Crippen LogP contribution in [0.3, 0.4) is 0 Å². The molecule has 1 saturated carbocycles. The number of pyridine rings is 1. The normalized spacial score (nSPS) is 21.8. The Labute approximate surface area is 179 Å². The minimum atomic E-state index is -0.982. The number of hydrogen-bond acceptors (Lipinski definition) is 5. The van der Waals surface area contributed by atoms with Crippen molar-refractivity contribution < 1.29 is 9.59 Å². The quantitative estimate of drug-likeness (QED) is 0.505. The molecule has 1 aromatic heterocycles. The van der Waals surface area contributed by atoms with Crippen molar-refractivity contribution in [3.05, 3.63) is 30.1 Å². The zero-order chi connectivity index (χ0) is 21.6. The van der Waals surface area contributed by atoms with Crippen molar-refractivity contribution in [3.63, 3.8) is 0 Å². The number of amides is 2. The van der Waals surface area contributed by atoms with Gasteiger partial charge in [0, 0.05) is 38.1 Å². The van der Waals surface area contributed by atoms with Gasteiger partial charge >= 0.3 is 0 Å².